The lowest BCUT2D eigenvalue weighted by molar-refractivity contribution is 0.259. The van der Waals surface area contributed by atoms with Crippen LogP contribution in [0.2, 0.25) is 10.0 Å². The van der Waals surface area contributed by atoms with Gasteiger partial charge in [-0.15, -0.1) is 0 Å². The predicted molar refractivity (Wildman–Crippen MR) is 75.1 cm³/mol. The number of amides is 2. The molecule has 0 aliphatic heterocycles. The van der Waals surface area contributed by atoms with Gasteiger partial charge in [0.25, 0.3) is 0 Å². The van der Waals surface area contributed by atoms with E-state index in [0.717, 1.165) is 11.1 Å². The third-order valence-electron chi connectivity index (χ3n) is 2.40. The molecule has 0 saturated heterocycles. The lowest BCUT2D eigenvalue weighted by Crippen LogP contribution is -2.19. The smallest absolute Gasteiger partial charge is 0.316 e. The molecule has 3 N–H and O–H groups in total. The van der Waals surface area contributed by atoms with E-state index in [0.29, 0.717) is 15.7 Å². The average Bonchev–Trinajstić information content (AvgIpc) is 2.30. The Kier molecular flexibility index (Phi) is 3.75. The van der Waals surface area contributed by atoms with Crippen LogP contribution in [-0.4, -0.2) is 6.03 Å². The fourth-order valence-corrected chi connectivity index (χ4v) is 2.08. The van der Waals surface area contributed by atoms with Crippen molar-refractivity contribution in [3.63, 3.8) is 0 Å². The van der Waals surface area contributed by atoms with Crippen molar-refractivity contribution in [2.24, 2.45) is 5.73 Å². The molecule has 0 heterocycles. The lowest BCUT2D eigenvalue weighted by Gasteiger charge is -2.11. The Balaban J connectivity index is 2.54. The van der Waals surface area contributed by atoms with Crippen molar-refractivity contribution in [1.82, 2.24) is 0 Å². The third-order valence-corrected chi connectivity index (χ3v) is 2.97. The van der Waals surface area contributed by atoms with Crippen molar-refractivity contribution in [1.29, 1.82) is 0 Å². The fourth-order valence-electron chi connectivity index (χ4n) is 1.67. The van der Waals surface area contributed by atoms with Crippen LogP contribution in [-0.2, 0) is 0 Å². The normalized spacial score (nSPS) is 10.1. The molecule has 2 aromatic carbocycles. The Morgan fingerprint density at radius 1 is 1.06 bits per heavy atom. The number of carbonyl (C=O) groups is 1. The van der Waals surface area contributed by atoms with Crippen molar-refractivity contribution in [2.75, 3.05) is 5.32 Å². The fraction of sp³-hybridized carbons (Fsp3) is 0. The SMILES string of the molecule is NC(=O)Nc1cccc(Cl)c1-c1ccc(Cl)cc1. The molecule has 2 rings (SSSR count). The highest BCUT2D eigenvalue weighted by Crippen LogP contribution is 2.35. The Hall–Kier alpha value is -1.71. The second-order valence-electron chi connectivity index (χ2n) is 3.66. The van der Waals surface area contributed by atoms with Crippen LogP contribution in [0, 0.1) is 0 Å². The molecule has 0 aromatic heterocycles. The molecule has 0 bridgehead atoms. The minimum absolute atomic E-state index is 0.531. The van der Waals surface area contributed by atoms with Crippen LogP contribution in [0.15, 0.2) is 42.5 Å². The van der Waals surface area contributed by atoms with Gasteiger partial charge in [-0.3, -0.25) is 0 Å². The molecule has 0 radical (unpaired) electrons. The minimum atomic E-state index is -0.632. The summed E-state index contributed by atoms with van der Waals surface area (Å²) in [5.41, 5.74) is 7.27. The third kappa shape index (κ3) is 2.75. The van der Waals surface area contributed by atoms with Crippen molar-refractivity contribution in [3.05, 3.63) is 52.5 Å². The molecule has 0 fully saturated rings. The second kappa shape index (κ2) is 5.29. The highest BCUT2D eigenvalue weighted by Gasteiger charge is 2.10. The number of primary amides is 1. The summed E-state index contributed by atoms with van der Waals surface area (Å²) in [6.07, 6.45) is 0. The molecule has 0 aliphatic rings. The molecule has 0 atom stereocenters. The van der Waals surface area contributed by atoms with Gasteiger partial charge < -0.3 is 11.1 Å². The largest absolute Gasteiger partial charge is 0.351 e. The van der Waals surface area contributed by atoms with E-state index in [1.807, 2.05) is 12.1 Å². The molecular formula is C13H10Cl2N2O. The molecule has 2 amide bonds. The highest BCUT2D eigenvalue weighted by atomic mass is 35.5. The Morgan fingerprint density at radius 3 is 2.33 bits per heavy atom. The number of benzene rings is 2. The van der Waals surface area contributed by atoms with Gasteiger partial charge in [-0.25, -0.2) is 4.79 Å². The number of urea groups is 1. The number of nitrogens with one attached hydrogen (secondary N) is 1. The Labute approximate surface area is 115 Å². The Morgan fingerprint density at radius 2 is 1.72 bits per heavy atom. The molecule has 0 spiro atoms. The van der Waals surface area contributed by atoms with Gasteiger partial charge >= 0.3 is 6.03 Å². The minimum Gasteiger partial charge on any atom is -0.351 e. The summed E-state index contributed by atoms with van der Waals surface area (Å²) in [4.78, 5) is 11.0. The summed E-state index contributed by atoms with van der Waals surface area (Å²) in [7, 11) is 0. The highest BCUT2D eigenvalue weighted by molar-refractivity contribution is 6.34. The van der Waals surface area contributed by atoms with Crippen molar-refractivity contribution in [2.45, 2.75) is 0 Å². The summed E-state index contributed by atoms with van der Waals surface area (Å²) in [6.45, 7) is 0. The first-order valence-corrected chi connectivity index (χ1v) is 5.94. The summed E-state index contributed by atoms with van der Waals surface area (Å²) >= 11 is 12.0. The standard InChI is InChI=1S/C13H10Cl2N2O/c14-9-6-4-8(5-7-9)12-10(15)2-1-3-11(12)17-13(16)18/h1-7H,(H3,16,17,18). The maximum Gasteiger partial charge on any atom is 0.316 e. The number of halogens is 2. The number of hydrogen-bond donors (Lipinski definition) is 2. The van der Waals surface area contributed by atoms with Crippen LogP contribution >= 0.6 is 23.2 Å². The quantitative estimate of drug-likeness (QED) is 0.853. The maximum atomic E-state index is 11.0. The van der Waals surface area contributed by atoms with Gasteiger partial charge in [-0.05, 0) is 29.8 Å². The monoisotopic (exact) mass is 280 g/mol. The zero-order valence-corrected chi connectivity index (χ0v) is 10.8. The molecule has 18 heavy (non-hydrogen) atoms. The van der Waals surface area contributed by atoms with Crippen molar-refractivity contribution >= 4 is 34.9 Å². The lowest BCUT2D eigenvalue weighted by atomic mass is 10.0. The zero-order chi connectivity index (χ0) is 13.1. The van der Waals surface area contributed by atoms with Crippen molar-refractivity contribution in [3.8, 4) is 11.1 Å². The van der Waals surface area contributed by atoms with E-state index >= 15 is 0 Å². The molecule has 0 aliphatic carbocycles. The maximum absolute atomic E-state index is 11.0. The summed E-state index contributed by atoms with van der Waals surface area (Å²) in [6, 6.07) is 11.8. The first-order valence-electron chi connectivity index (χ1n) is 5.19. The van der Waals surface area contributed by atoms with Crippen LogP contribution in [0.25, 0.3) is 11.1 Å². The van der Waals surface area contributed by atoms with E-state index in [1.165, 1.54) is 0 Å². The van der Waals surface area contributed by atoms with Gasteiger partial charge in [0.1, 0.15) is 0 Å². The summed E-state index contributed by atoms with van der Waals surface area (Å²) < 4.78 is 0. The second-order valence-corrected chi connectivity index (χ2v) is 4.50. The number of hydrogen-bond acceptors (Lipinski definition) is 1. The zero-order valence-electron chi connectivity index (χ0n) is 9.28. The van der Waals surface area contributed by atoms with E-state index in [9.17, 15) is 4.79 Å². The van der Waals surface area contributed by atoms with Gasteiger partial charge in [-0.2, -0.15) is 0 Å². The van der Waals surface area contributed by atoms with Gasteiger partial charge in [0.15, 0.2) is 0 Å². The Bertz CT molecular complexity index is 582. The van der Waals surface area contributed by atoms with E-state index in [2.05, 4.69) is 5.32 Å². The molecule has 3 nitrogen and oxygen atoms in total. The van der Waals surface area contributed by atoms with E-state index < -0.39 is 6.03 Å². The molecule has 2 aromatic rings. The van der Waals surface area contributed by atoms with Crippen LogP contribution in [0.1, 0.15) is 0 Å². The van der Waals surface area contributed by atoms with E-state index in [-0.39, 0.29) is 0 Å². The summed E-state index contributed by atoms with van der Waals surface area (Å²) in [5.74, 6) is 0. The van der Waals surface area contributed by atoms with Crippen LogP contribution in [0.5, 0.6) is 0 Å². The first kappa shape index (κ1) is 12.7. The topological polar surface area (TPSA) is 55.1 Å². The molecule has 92 valence electrons. The van der Waals surface area contributed by atoms with Gasteiger partial charge in [0, 0.05) is 10.6 Å². The number of anilines is 1. The summed E-state index contributed by atoms with van der Waals surface area (Å²) in [5, 5.41) is 3.71. The van der Waals surface area contributed by atoms with Crippen LogP contribution in [0.3, 0.4) is 0 Å². The molecule has 0 saturated carbocycles. The number of nitrogens with two attached hydrogens (primary N) is 1. The van der Waals surface area contributed by atoms with E-state index in [4.69, 9.17) is 28.9 Å². The number of carbonyl (C=O) groups excluding carboxylic acids is 1. The van der Waals surface area contributed by atoms with E-state index in [1.54, 1.807) is 30.3 Å². The van der Waals surface area contributed by atoms with Crippen LogP contribution in [0.4, 0.5) is 10.5 Å². The van der Waals surface area contributed by atoms with Crippen molar-refractivity contribution < 1.29 is 4.79 Å². The number of rotatable bonds is 2. The van der Waals surface area contributed by atoms with Crippen LogP contribution < -0.4 is 11.1 Å². The molecule has 0 unspecified atom stereocenters. The van der Waals surface area contributed by atoms with Gasteiger partial charge in [0.2, 0.25) is 0 Å². The first-order chi connectivity index (χ1) is 8.58. The average molecular weight is 281 g/mol. The van der Waals surface area contributed by atoms with Gasteiger partial charge in [-0.1, -0.05) is 41.4 Å². The molecule has 5 heteroatoms. The molecular weight excluding hydrogens is 271 g/mol. The predicted octanol–water partition coefficient (Wildman–Crippen LogP) is 4.15. The van der Waals surface area contributed by atoms with Gasteiger partial charge in [0.05, 0.1) is 10.7 Å².